The highest BCUT2D eigenvalue weighted by Gasteiger charge is 2.32. The Labute approximate surface area is 136 Å². The van der Waals surface area contributed by atoms with E-state index in [4.69, 9.17) is 17.0 Å². The summed E-state index contributed by atoms with van der Waals surface area (Å²) in [5.74, 6) is 0.652. The zero-order valence-corrected chi connectivity index (χ0v) is 13.6. The third-order valence-electron chi connectivity index (χ3n) is 4.20. The van der Waals surface area contributed by atoms with Gasteiger partial charge in [-0.2, -0.15) is 0 Å². The lowest BCUT2D eigenvalue weighted by Gasteiger charge is -2.22. The Hall–Kier alpha value is -1.69. The van der Waals surface area contributed by atoms with Crippen molar-refractivity contribution in [3.63, 3.8) is 0 Å². The Balaban J connectivity index is 1.66. The van der Waals surface area contributed by atoms with Crippen LogP contribution in [0.2, 0.25) is 0 Å². The van der Waals surface area contributed by atoms with Crippen molar-refractivity contribution >= 4 is 23.2 Å². The van der Waals surface area contributed by atoms with Gasteiger partial charge in [0, 0.05) is 12.3 Å². The van der Waals surface area contributed by atoms with Gasteiger partial charge >= 0.3 is 0 Å². The molecular weight excluding hydrogens is 298 g/mol. The molecule has 1 N–H and O–H groups in total. The number of carbonyl (C=O) groups excluding carboxylic acids is 1. The summed E-state index contributed by atoms with van der Waals surface area (Å²) in [6.45, 7) is 2.28. The van der Waals surface area contributed by atoms with Crippen molar-refractivity contribution in [2.75, 3.05) is 0 Å². The molecule has 2 fully saturated rings. The van der Waals surface area contributed by atoms with Crippen LogP contribution < -0.4 is 10.1 Å². The maximum Gasteiger partial charge on any atom is 0.251 e. The van der Waals surface area contributed by atoms with Crippen molar-refractivity contribution in [3.05, 3.63) is 23.9 Å². The summed E-state index contributed by atoms with van der Waals surface area (Å²) < 4.78 is 5.97. The molecule has 118 valence electrons. The largest absolute Gasteiger partial charge is 0.474 e. The molecule has 1 saturated heterocycles. The van der Waals surface area contributed by atoms with Gasteiger partial charge in [0.15, 0.2) is 5.11 Å². The van der Waals surface area contributed by atoms with Gasteiger partial charge in [0.2, 0.25) is 5.88 Å². The van der Waals surface area contributed by atoms with Crippen LogP contribution in [0.25, 0.3) is 0 Å². The SMILES string of the molecule is C[C@@H]1NC(=S)N(Cc2ccnc(OC3CCCCC3)c2)C1=O. The molecule has 0 bridgehead atoms. The van der Waals surface area contributed by atoms with E-state index in [1.807, 2.05) is 19.1 Å². The van der Waals surface area contributed by atoms with Gasteiger partial charge < -0.3 is 10.1 Å². The molecule has 2 heterocycles. The molecule has 1 aromatic heterocycles. The van der Waals surface area contributed by atoms with Gasteiger partial charge in [-0.25, -0.2) is 4.98 Å². The molecule has 1 saturated carbocycles. The summed E-state index contributed by atoms with van der Waals surface area (Å²) in [5.41, 5.74) is 0.979. The van der Waals surface area contributed by atoms with Crippen molar-refractivity contribution in [2.24, 2.45) is 0 Å². The second-order valence-electron chi connectivity index (χ2n) is 5.98. The fourth-order valence-electron chi connectivity index (χ4n) is 2.96. The first-order valence-electron chi connectivity index (χ1n) is 7.87. The van der Waals surface area contributed by atoms with E-state index in [2.05, 4.69) is 10.3 Å². The quantitative estimate of drug-likeness (QED) is 0.864. The van der Waals surface area contributed by atoms with E-state index in [0.29, 0.717) is 17.5 Å². The first kappa shape index (κ1) is 15.2. The van der Waals surface area contributed by atoms with E-state index in [1.165, 1.54) is 19.3 Å². The third kappa shape index (κ3) is 3.38. The van der Waals surface area contributed by atoms with Crippen molar-refractivity contribution < 1.29 is 9.53 Å². The predicted octanol–water partition coefficient (Wildman–Crippen LogP) is 2.40. The van der Waals surface area contributed by atoms with E-state index >= 15 is 0 Å². The van der Waals surface area contributed by atoms with Gasteiger partial charge in [0.25, 0.3) is 5.91 Å². The maximum atomic E-state index is 12.1. The number of nitrogens with zero attached hydrogens (tertiary/aromatic N) is 2. The standard InChI is InChI=1S/C16H21N3O2S/c1-11-15(20)19(16(22)18-11)10-12-7-8-17-14(9-12)21-13-5-3-2-4-6-13/h7-9,11,13H,2-6,10H2,1H3,(H,18,22)/t11-/m0/s1. The molecule has 5 nitrogen and oxygen atoms in total. The smallest absolute Gasteiger partial charge is 0.251 e. The molecule has 1 aromatic rings. The van der Waals surface area contributed by atoms with Crippen molar-refractivity contribution in [1.29, 1.82) is 0 Å². The number of pyridine rings is 1. The highest BCUT2D eigenvalue weighted by Crippen LogP contribution is 2.23. The average molecular weight is 319 g/mol. The molecular formula is C16H21N3O2S. The van der Waals surface area contributed by atoms with Crippen LogP contribution in [0.4, 0.5) is 0 Å². The van der Waals surface area contributed by atoms with Crippen LogP contribution in [-0.2, 0) is 11.3 Å². The molecule has 3 rings (SSSR count). The van der Waals surface area contributed by atoms with Crippen LogP contribution in [0.15, 0.2) is 18.3 Å². The van der Waals surface area contributed by atoms with Crippen molar-refractivity contribution in [1.82, 2.24) is 15.2 Å². The van der Waals surface area contributed by atoms with Gasteiger partial charge in [-0.15, -0.1) is 0 Å². The Bertz CT molecular complexity index is 572. The Kier molecular flexibility index (Phi) is 4.57. The van der Waals surface area contributed by atoms with Gasteiger partial charge in [-0.1, -0.05) is 6.42 Å². The predicted molar refractivity (Wildman–Crippen MR) is 87.5 cm³/mol. The molecule has 0 aromatic carbocycles. The average Bonchev–Trinajstić information content (AvgIpc) is 2.75. The molecule has 2 aliphatic rings. The summed E-state index contributed by atoms with van der Waals surface area (Å²) in [6, 6.07) is 3.56. The van der Waals surface area contributed by atoms with Crippen LogP contribution in [0.5, 0.6) is 5.88 Å². The summed E-state index contributed by atoms with van der Waals surface area (Å²) >= 11 is 5.20. The van der Waals surface area contributed by atoms with Gasteiger partial charge in [-0.05, 0) is 56.5 Å². The highest BCUT2D eigenvalue weighted by molar-refractivity contribution is 7.80. The van der Waals surface area contributed by atoms with Crippen molar-refractivity contribution in [3.8, 4) is 5.88 Å². The molecule has 22 heavy (non-hydrogen) atoms. The number of hydrogen-bond donors (Lipinski definition) is 1. The summed E-state index contributed by atoms with van der Waals surface area (Å²) in [4.78, 5) is 17.9. The Morgan fingerprint density at radius 1 is 1.41 bits per heavy atom. The second kappa shape index (κ2) is 6.60. The number of thiocarbonyl (C=S) groups is 1. The minimum atomic E-state index is -0.243. The molecule has 1 atom stereocenters. The van der Waals surface area contributed by atoms with Crippen molar-refractivity contribution in [2.45, 2.75) is 57.7 Å². The van der Waals surface area contributed by atoms with Gasteiger partial charge in [-0.3, -0.25) is 9.69 Å². The zero-order chi connectivity index (χ0) is 15.5. The van der Waals surface area contributed by atoms with E-state index in [-0.39, 0.29) is 18.1 Å². The van der Waals surface area contributed by atoms with E-state index in [9.17, 15) is 4.79 Å². The van der Waals surface area contributed by atoms with E-state index < -0.39 is 0 Å². The summed E-state index contributed by atoms with van der Waals surface area (Å²) in [5, 5.41) is 3.47. The minimum Gasteiger partial charge on any atom is -0.474 e. The Morgan fingerprint density at radius 2 is 2.18 bits per heavy atom. The Morgan fingerprint density at radius 3 is 2.86 bits per heavy atom. The third-order valence-corrected chi connectivity index (χ3v) is 4.54. The first-order chi connectivity index (χ1) is 10.6. The number of hydrogen-bond acceptors (Lipinski definition) is 4. The number of nitrogens with one attached hydrogen (secondary N) is 1. The molecule has 1 amide bonds. The fourth-order valence-corrected chi connectivity index (χ4v) is 3.29. The van der Waals surface area contributed by atoms with E-state index in [1.54, 1.807) is 11.1 Å². The minimum absolute atomic E-state index is 0.0107. The monoisotopic (exact) mass is 319 g/mol. The number of aromatic nitrogens is 1. The maximum absolute atomic E-state index is 12.1. The number of amides is 1. The normalized spacial score (nSPS) is 22.8. The number of ether oxygens (including phenoxy) is 1. The first-order valence-corrected chi connectivity index (χ1v) is 8.28. The molecule has 6 heteroatoms. The topological polar surface area (TPSA) is 54.5 Å². The fraction of sp³-hybridized carbons (Fsp3) is 0.562. The zero-order valence-electron chi connectivity index (χ0n) is 12.7. The molecule has 0 unspecified atom stereocenters. The van der Waals surface area contributed by atoms with Crippen LogP contribution in [-0.4, -0.2) is 33.0 Å². The lowest BCUT2D eigenvalue weighted by Crippen LogP contribution is -2.30. The summed E-state index contributed by atoms with van der Waals surface area (Å²) in [7, 11) is 0. The lowest BCUT2D eigenvalue weighted by atomic mass is 9.98. The lowest BCUT2D eigenvalue weighted by molar-refractivity contribution is -0.127. The second-order valence-corrected chi connectivity index (χ2v) is 6.36. The molecule has 0 radical (unpaired) electrons. The van der Waals surface area contributed by atoms with E-state index in [0.717, 1.165) is 18.4 Å². The molecule has 1 aliphatic carbocycles. The highest BCUT2D eigenvalue weighted by atomic mass is 32.1. The molecule has 0 spiro atoms. The van der Waals surface area contributed by atoms with Crippen LogP contribution >= 0.6 is 12.2 Å². The molecule has 1 aliphatic heterocycles. The van der Waals surface area contributed by atoms with Crippen LogP contribution in [0, 0.1) is 0 Å². The number of rotatable bonds is 4. The van der Waals surface area contributed by atoms with Gasteiger partial charge in [0.1, 0.15) is 12.1 Å². The van der Waals surface area contributed by atoms with Crippen LogP contribution in [0.3, 0.4) is 0 Å². The van der Waals surface area contributed by atoms with Gasteiger partial charge in [0.05, 0.1) is 6.54 Å². The number of carbonyl (C=O) groups is 1. The summed E-state index contributed by atoms with van der Waals surface area (Å²) in [6.07, 6.45) is 7.95. The van der Waals surface area contributed by atoms with Crippen LogP contribution in [0.1, 0.15) is 44.6 Å².